The molecule has 20 heavy (non-hydrogen) atoms. The predicted molar refractivity (Wildman–Crippen MR) is 77.0 cm³/mol. The fraction of sp³-hybridized carbons (Fsp3) is 0.533. The quantitative estimate of drug-likeness (QED) is 0.724. The second kappa shape index (κ2) is 6.61. The molecule has 2 rings (SSSR count). The molecule has 0 bridgehead atoms. The Labute approximate surface area is 119 Å². The summed E-state index contributed by atoms with van der Waals surface area (Å²) in [5, 5.41) is 14.8. The summed E-state index contributed by atoms with van der Waals surface area (Å²) < 4.78 is 5.29. The van der Waals surface area contributed by atoms with Gasteiger partial charge in [0.15, 0.2) is 0 Å². The monoisotopic (exact) mass is 278 g/mol. The molecule has 0 spiro atoms. The number of benzene rings is 1. The summed E-state index contributed by atoms with van der Waals surface area (Å²) in [5.74, 6) is 0.844. The van der Waals surface area contributed by atoms with E-state index in [1.54, 1.807) is 7.11 Å². The minimum Gasteiger partial charge on any atom is -0.497 e. The van der Waals surface area contributed by atoms with Gasteiger partial charge < -0.3 is 15.2 Å². The van der Waals surface area contributed by atoms with E-state index in [2.05, 4.69) is 22.8 Å². The number of amides is 1. The minimum absolute atomic E-state index is 0.172. The maximum Gasteiger partial charge on any atom is 0.405 e. The first-order valence-corrected chi connectivity index (χ1v) is 7.06. The molecular weight excluding hydrogens is 256 g/mol. The Kier molecular flexibility index (Phi) is 4.84. The number of carbonyl (C=O) groups is 1. The first kappa shape index (κ1) is 14.7. The van der Waals surface area contributed by atoms with E-state index in [0.29, 0.717) is 6.42 Å². The predicted octanol–water partition coefficient (Wildman–Crippen LogP) is 2.67. The molecular formula is C15H22N2O3. The Hall–Kier alpha value is -1.75. The highest BCUT2D eigenvalue weighted by Gasteiger charge is 2.23. The van der Waals surface area contributed by atoms with E-state index < -0.39 is 6.09 Å². The van der Waals surface area contributed by atoms with Crippen LogP contribution in [-0.4, -0.2) is 24.5 Å². The molecule has 1 amide bonds. The van der Waals surface area contributed by atoms with E-state index in [1.807, 2.05) is 13.0 Å². The van der Waals surface area contributed by atoms with Crippen LogP contribution in [0.1, 0.15) is 43.4 Å². The van der Waals surface area contributed by atoms with Crippen molar-refractivity contribution in [3.05, 3.63) is 29.3 Å². The summed E-state index contributed by atoms with van der Waals surface area (Å²) in [6.07, 6.45) is 2.68. The summed E-state index contributed by atoms with van der Waals surface area (Å²) >= 11 is 0. The standard InChI is InChI=1S/C15H22N2O3/c1-3-14(17-15(18)19)16-13-6-4-5-10-7-8-11(20-2)9-12(10)13/h7-9,13-14,16-17H,3-6H2,1-2H3,(H,18,19). The third-order valence-electron chi connectivity index (χ3n) is 3.78. The van der Waals surface area contributed by atoms with Crippen molar-refractivity contribution in [1.29, 1.82) is 0 Å². The lowest BCUT2D eigenvalue weighted by Gasteiger charge is -2.30. The van der Waals surface area contributed by atoms with Gasteiger partial charge in [-0.05, 0) is 48.9 Å². The highest BCUT2D eigenvalue weighted by Crippen LogP contribution is 2.32. The molecule has 1 aromatic rings. The van der Waals surface area contributed by atoms with E-state index in [4.69, 9.17) is 9.84 Å². The summed E-state index contributed by atoms with van der Waals surface area (Å²) in [6, 6.07) is 6.31. The molecule has 1 aliphatic carbocycles. The van der Waals surface area contributed by atoms with Gasteiger partial charge in [-0.3, -0.25) is 5.32 Å². The molecule has 0 aromatic heterocycles. The average molecular weight is 278 g/mol. The number of hydrogen-bond donors (Lipinski definition) is 3. The van der Waals surface area contributed by atoms with Crippen LogP contribution in [0.15, 0.2) is 18.2 Å². The van der Waals surface area contributed by atoms with Crippen molar-refractivity contribution in [2.75, 3.05) is 7.11 Å². The summed E-state index contributed by atoms with van der Waals surface area (Å²) in [5.41, 5.74) is 2.54. The number of hydrogen-bond acceptors (Lipinski definition) is 3. The summed E-state index contributed by atoms with van der Waals surface area (Å²) in [4.78, 5) is 10.8. The Morgan fingerprint density at radius 1 is 1.55 bits per heavy atom. The molecule has 0 saturated heterocycles. The molecule has 3 N–H and O–H groups in total. The Balaban J connectivity index is 2.16. The third-order valence-corrected chi connectivity index (χ3v) is 3.78. The van der Waals surface area contributed by atoms with E-state index in [-0.39, 0.29) is 12.2 Å². The van der Waals surface area contributed by atoms with Gasteiger partial charge in [0.2, 0.25) is 0 Å². The van der Waals surface area contributed by atoms with Gasteiger partial charge in [-0.15, -0.1) is 0 Å². The van der Waals surface area contributed by atoms with E-state index >= 15 is 0 Å². The van der Waals surface area contributed by atoms with Gasteiger partial charge in [0.1, 0.15) is 5.75 Å². The van der Waals surface area contributed by atoms with E-state index in [1.165, 1.54) is 11.1 Å². The maximum absolute atomic E-state index is 10.8. The van der Waals surface area contributed by atoms with Crippen molar-refractivity contribution in [3.63, 3.8) is 0 Å². The topological polar surface area (TPSA) is 70.6 Å². The minimum atomic E-state index is -0.994. The zero-order chi connectivity index (χ0) is 14.5. The molecule has 1 aromatic carbocycles. The van der Waals surface area contributed by atoms with Crippen LogP contribution >= 0.6 is 0 Å². The van der Waals surface area contributed by atoms with Crippen LogP contribution in [0.2, 0.25) is 0 Å². The van der Waals surface area contributed by atoms with Gasteiger partial charge in [0, 0.05) is 6.04 Å². The lowest BCUT2D eigenvalue weighted by molar-refractivity contribution is 0.184. The summed E-state index contributed by atoms with van der Waals surface area (Å²) in [6.45, 7) is 1.96. The Morgan fingerprint density at radius 2 is 2.35 bits per heavy atom. The summed E-state index contributed by atoms with van der Waals surface area (Å²) in [7, 11) is 1.66. The second-order valence-corrected chi connectivity index (χ2v) is 5.09. The highest BCUT2D eigenvalue weighted by atomic mass is 16.5. The number of aryl methyl sites for hydroxylation is 1. The van der Waals surface area contributed by atoms with Crippen LogP contribution in [0.3, 0.4) is 0 Å². The van der Waals surface area contributed by atoms with Crippen molar-refractivity contribution in [2.45, 2.75) is 44.8 Å². The van der Waals surface area contributed by atoms with Crippen LogP contribution in [-0.2, 0) is 6.42 Å². The fourth-order valence-corrected chi connectivity index (χ4v) is 2.73. The number of carboxylic acid groups (broad SMARTS) is 1. The third kappa shape index (κ3) is 3.42. The Bertz CT molecular complexity index is 476. The van der Waals surface area contributed by atoms with Crippen molar-refractivity contribution in [3.8, 4) is 5.75 Å². The SMILES string of the molecule is CCC(NC(=O)O)NC1CCCc2ccc(OC)cc21. The molecule has 0 saturated carbocycles. The van der Waals surface area contributed by atoms with Gasteiger partial charge in [0.05, 0.1) is 13.3 Å². The van der Waals surface area contributed by atoms with Crippen molar-refractivity contribution in [1.82, 2.24) is 10.6 Å². The molecule has 2 atom stereocenters. The lowest BCUT2D eigenvalue weighted by Crippen LogP contribution is -2.46. The zero-order valence-corrected chi connectivity index (χ0v) is 12.0. The largest absolute Gasteiger partial charge is 0.497 e. The van der Waals surface area contributed by atoms with E-state index in [0.717, 1.165) is 25.0 Å². The molecule has 0 aliphatic heterocycles. The number of rotatable bonds is 5. The normalized spacial score (nSPS) is 19.0. The molecule has 0 radical (unpaired) electrons. The van der Waals surface area contributed by atoms with Gasteiger partial charge in [0.25, 0.3) is 0 Å². The number of methoxy groups -OCH3 is 1. The first-order chi connectivity index (χ1) is 9.63. The van der Waals surface area contributed by atoms with Gasteiger partial charge in [-0.1, -0.05) is 13.0 Å². The van der Waals surface area contributed by atoms with Crippen molar-refractivity contribution in [2.24, 2.45) is 0 Å². The fourth-order valence-electron chi connectivity index (χ4n) is 2.73. The van der Waals surface area contributed by atoms with Crippen LogP contribution in [0.4, 0.5) is 4.79 Å². The molecule has 0 heterocycles. The molecule has 5 heteroatoms. The smallest absolute Gasteiger partial charge is 0.405 e. The number of ether oxygens (including phenoxy) is 1. The van der Waals surface area contributed by atoms with Crippen molar-refractivity contribution >= 4 is 6.09 Å². The van der Waals surface area contributed by atoms with Crippen LogP contribution < -0.4 is 15.4 Å². The van der Waals surface area contributed by atoms with Crippen LogP contribution in [0.25, 0.3) is 0 Å². The van der Waals surface area contributed by atoms with Gasteiger partial charge in [-0.25, -0.2) is 4.79 Å². The van der Waals surface area contributed by atoms with Gasteiger partial charge >= 0.3 is 6.09 Å². The maximum atomic E-state index is 10.8. The van der Waals surface area contributed by atoms with E-state index in [9.17, 15) is 4.79 Å². The first-order valence-electron chi connectivity index (χ1n) is 7.06. The molecule has 110 valence electrons. The molecule has 5 nitrogen and oxygen atoms in total. The second-order valence-electron chi connectivity index (χ2n) is 5.09. The number of nitrogens with one attached hydrogen (secondary N) is 2. The van der Waals surface area contributed by atoms with Crippen LogP contribution in [0, 0.1) is 0 Å². The molecule has 0 fully saturated rings. The van der Waals surface area contributed by atoms with Crippen molar-refractivity contribution < 1.29 is 14.6 Å². The highest BCUT2D eigenvalue weighted by molar-refractivity contribution is 5.64. The Morgan fingerprint density at radius 3 is 3.00 bits per heavy atom. The van der Waals surface area contributed by atoms with Gasteiger partial charge in [-0.2, -0.15) is 0 Å². The average Bonchev–Trinajstić information content (AvgIpc) is 2.45. The lowest BCUT2D eigenvalue weighted by atomic mass is 9.87. The zero-order valence-electron chi connectivity index (χ0n) is 12.0. The number of fused-ring (bicyclic) bond motifs is 1. The van der Waals surface area contributed by atoms with Crippen LogP contribution in [0.5, 0.6) is 5.75 Å². The molecule has 1 aliphatic rings. The molecule has 2 unspecified atom stereocenters.